The second-order valence-electron chi connectivity index (χ2n) is 15.3. The molecular weight excluding hydrogens is 688 g/mol. The standard InChI is InChI=1S/C35H42F3N5O2.C3H3F3O/c1-34(2,3)25-8-9-28-24(16-25)17-29-30(40-28)19-31(41-29)32(45)18-23(10-13-43-14-11-26(44)12-15-43)21-4-6-22(7-5-21)27-20-39-42-33(27)35(36,37)38;1-2(7)3(4,5)6/h4-7,17,20,23,25-26,44H,8-16,18-19H2,1-3H3,(H,39,42);1H3/p+1/t23-,25-;/m0./s1. The number of alkyl halides is 6. The molecule has 3 N–H and O–H groups in total. The van der Waals surface area contributed by atoms with E-state index in [0.29, 0.717) is 30.5 Å². The van der Waals surface area contributed by atoms with Crippen LogP contribution in [0.3, 0.4) is 0 Å². The molecule has 1 fully saturated rings. The number of carbonyl (C=O) groups is 2. The number of Topliss-reactive ketones (excluding diaryl/α,β-unsaturated/α-hetero) is 2. The minimum absolute atomic E-state index is 0.0000822. The Labute approximate surface area is 299 Å². The number of rotatable bonds is 8. The Hall–Kier alpha value is -3.91. The number of aliphatic hydroxyl groups is 1. The number of hydrogen-bond acceptors (Lipinski definition) is 6. The van der Waals surface area contributed by atoms with Crippen molar-refractivity contribution in [3.05, 3.63) is 64.7 Å². The van der Waals surface area contributed by atoms with Gasteiger partial charge in [0.15, 0.2) is 5.78 Å². The van der Waals surface area contributed by atoms with E-state index in [1.165, 1.54) is 16.7 Å². The lowest BCUT2D eigenvalue weighted by Gasteiger charge is -2.34. The number of aromatic nitrogens is 3. The number of ketones is 2. The van der Waals surface area contributed by atoms with Gasteiger partial charge < -0.3 is 10.0 Å². The van der Waals surface area contributed by atoms with Crippen molar-refractivity contribution < 1.29 is 45.9 Å². The van der Waals surface area contributed by atoms with E-state index in [9.17, 15) is 41.0 Å². The smallest absolute Gasteiger partial charge is 0.393 e. The average Bonchev–Trinajstić information content (AvgIpc) is 3.74. The number of aliphatic hydroxyl groups excluding tert-OH is 1. The molecule has 14 heteroatoms. The van der Waals surface area contributed by atoms with E-state index < -0.39 is 23.8 Å². The first-order valence-corrected chi connectivity index (χ1v) is 17.7. The van der Waals surface area contributed by atoms with E-state index in [0.717, 1.165) is 80.8 Å². The molecule has 2 aromatic heterocycles. The zero-order chi connectivity index (χ0) is 38.0. The van der Waals surface area contributed by atoms with Gasteiger partial charge >= 0.3 is 12.4 Å². The number of halogens is 6. The maximum atomic E-state index is 13.8. The Bertz CT molecular complexity index is 1770. The molecule has 0 unspecified atom stereocenters. The topological polar surface area (TPSA) is 113 Å². The van der Waals surface area contributed by atoms with E-state index >= 15 is 0 Å². The molecule has 3 aliphatic rings. The number of aromatic amines is 1. The molecular formula is C38H46F6N5O3+. The van der Waals surface area contributed by atoms with Gasteiger partial charge in [0.25, 0.3) is 0 Å². The van der Waals surface area contributed by atoms with Gasteiger partial charge in [-0.05, 0) is 59.3 Å². The average molecular weight is 735 g/mol. The third-order valence-electron chi connectivity index (χ3n) is 10.5. The van der Waals surface area contributed by atoms with Gasteiger partial charge in [-0.25, -0.2) is 4.99 Å². The molecule has 1 aromatic carbocycles. The van der Waals surface area contributed by atoms with Gasteiger partial charge in [-0.3, -0.25) is 19.7 Å². The van der Waals surface area contributed by atoms with Gasteiger partial charge in [-0.15, -0.1) is 0 Å². The van der Waals surface area contributed by atoms with E-state index in [4.69, 9.17) is 9.98 Å². The summed E-state index contributed by atoms with van der Waals surface area (Å²) in [6.45, 7) is 9.97. The van der Waals surface area contributed by atoms with Crippen LogP contribution in [0.1, 0.15) is 93.9 Å². The largest absolute Gasteiger partial charge is 0.449 e. The zero-order valence-corrected chi connectivity index (χ0v) is 29.8. The summed E-state index contributed by atoms with van der Waals surface area (Å²) in [5, 5.41) is 15.6. The highest BCUT2D eigenvalue weighted by molar-refractivity contribution is 6.41. The number of hydrogen-bond donors (Lipinski definition) is 3. The number of fused-ring (bicyclic) bond motifs is 2. The van der Waals surface area contributed by atoms with Crippen LogP contribution in [0.4, 0.5) is 32.0 Å². The van der Waals surface area contributed by atoms with Crippen LogP contribution in [0.5, 0.6) is 0 Å². The van der Waals surface area contributed by atoms with Gasteiger partial charge in [0.2, 0.25) is 5.78 Å². The van der Waals surface area contributed by atoms with Crippen molar-refractivity contribution in [2.24, 2.45) is 16.3 Å². The quantitative estimate of drug-likeness (QED) is 0.227. The molecule has 0 spiro atoms. The number of aliphatic imine (C=N–C) groups is 1. The molecule has 2 aliphatic heterocycles. The second-order valence-corrected chi connectivity index (χ2v) is 15.3. The minimum atomic E-state index is -4.64. The van der Waals surface area contributed by atoms with E-state index in [2.05, 4.69) is 37.0 Å². The van der Waals surface area contributed by atoms with Crippen molar-refractivity contribution in [1.29, 1.82) is 0 Å². The lowest BCUT2D eigenvalue weighted by Crippen LogP contribution is -3.13. The molecule has 2 atom stereocenters. The summed E-state index contributed by atoms with van der Waals surface area (Å²) in [6, 6.07) is 9.17. The van der Waals surface area contributed by atoms with Crippen LogP contribution in [-0.4, -0.2) is 69.5 Å². The molecule has 1 aliphatic carbocycles. The van der Waals surface area contributed by atoms with Gasteiger partial charge in [-0.2, -0.15) is 31.4 Å². The summed E-state index contributed by atoms with van der Waals surface area (Å²) >= 11 is 0. The molecule has 8 nitrogen and oxygen atoms in total. The summed E-state index contributed by atoms with van der Waals surface area (Å²) in [4.78, 5) is 34.3. The van der Waals surface area contributed by atoms with E-state index in [1.54, 1.807) is 12.1 Å². The third-order valence-corrected chi connectivity index (χ3v) is 10.5. The zero-order valence-electron chi connectivity index (χ0n) is 29.8. The van der Waals surface area contributed by atoms with Crippen molar-refractivity contribution in [3.63, 3.8) is 0 Å². The lowest BCUT2D eigenvalue weighted by molar-refractivity contribution is -0.906. The van der Waals surface area contributed by atoms with E-state index in [1.807, 2.05) is 12.1 Å². The number of aryl methyl sites for hydroxylation is 1. The first-order valence-electron chi connectivity index (χ1n) is 17.7. The third kappa shape index (κ3) is 9.74. The number of likely N-dealkylation sites (tertiary alicyclic amines) is 1. The molecule has 4 heterocycles. The number of piperidine rings is 1. The minimum Gasteiger partial charge on any atom is -0.393 e. The molecule has 3 aromatic rings. The molecule has 0 bridgehead atoms. The van der Waals surface area contributed by atoms with Crippen LogP contribution in [0.25, 0.3) is 11.1 Å². The number of pyridine rings is 1. The fourth-order valence-corrected chi connectivity index (χ4v) is 7.19. The Balaban J connectivity index is 0.000000679. The number of benzene rings is 1. The first-order chi connectivity index (χ1) is 24.3. The number of carbonyl (C=O) groups excluding carboxylic acids is 2. The summed E-state index contributed by atoms with van der Waals surface area (Å²) < 4.78 is 72.9. The summed E-state index contributed by atoms with van der Waals surface area (Å²) in [6.07, 6.45) is -2.19. The maximum Gasteiger partial charge on any atom is 0.449 e. The highest BCUT2D eigenvalue weighted by atomic mass is 19.4. The van der Waals surface area contributed by atoms with Gasteiger partial charge in [0, 0.05) is 50.3 Å². The Morgan fingerprint density at radius 2 is 1.65 bits per heavy atom. The molecule has 282 valence electrons. The van der Waals surface area contributed by atoms with Crippen LogP contribution in [0, 0.1) is 11.3 Å². The normalized spacial score (nSPS) is 21.0. The second kappa shape index (κ2) is 15.6. The van der Waals surface area contributed by atoms with Gasteiger partial charge in [-0.1, -0.05) is 45.0 Å². The van der Waals surface area contributed by atoms with E-state index in [-0.39, 0.29) is 35.2 Å². The SMILES string of the molecule is CC(=O)C(F)(F)F.CC(C)(C)[C@H]1CCc2nc3c(cc2C1)N=C(C(=O)C[C@H](CC[NH+]1CCC(O)CC1)c1ccc(-c2cn[nH]c2C(F)(F)F)cc1)C3. The summed E-state index contributed by atoms with van der Waals surface area (Å²) in [5.74, 6) is -1.29. The predicted molar refractivity (Wildman–Crippen MR) is 184 cm³/mol. The van der Waals surface area contributed by atoms with Crippen molar-refractivity contribution in [1.82, 2.24) is 15.2 Å². The number of nitrogens with zero attached hydrogens (tertiary/aromatic N) is 3. The molecule has 52 heavy (non-hydrogen) atoms. The monoisotopic (exact) mass is 734 g/mol. The fraction of sp³-hybridized carbons (Fsp3) is 0.553. The lowest BCUT2D eigenvalue weighted by atomic mass is 9.71. The summed E-state index contributed by atoms with van der Waals surface area (Å²) in [7, 11) is 0. The van der Waals surface area contributed by atoms with Crippen LogP contribution in [0.2, 0.25) is 0 Å². The van der Waals surface area contributed by atoms with Crippen molar-refractivity contribution >= 4 is 23.0 Å². The number of H-pyrrole nitrogens is 1. The molecule has 0 saturated carbocycles. The molecule has 0 radical (unpaired) electrons. The highest BCUT2D eigenvalue weighted by Gasteiger charge is 2.37. The summed E-state index contributed by atoms with van der Waals surface area (Å²) in [5.41, 5.74) is 5.29. The van der Waals surface area contributed by atoms with Gasteiger partial charge in [0.1, 0.15) is 5.69 Å². The predicted octanol–water partition coefficient (Wildman–Crippen LogP) is 6.58. The Kier molecular flexibility index (Phi) is 11.8. The first kappa shape index (κ1) is 39.3. The van der Waals surface area contributed by atoms with Crippen LogP contribution in [0.15, 0.2) is 41.5 Å². The molecule has 1 saturated heterocycles. The highest BCUT2D eigenvalue weighted by Crippen LogP contribution is 2.40. The van der Waals surface area contributed by atoms with Crippen LogP contribution >= 0.6 is 0 Å². The Morgan fingerprint density at radius 3 is 2.25 bits per heavy atom. The van der Waals surface area contributed by atoms with Crippen LogP contribution < -0.4 is 4.90 Å². The molecule has 0 amide bonds. The van der Waals surface area contributed by atoms with Crippen molar-refractivity contribution in [3.8, 4) is 11.1 Å². The maximum absolute atomic E-state index is 13.8. The van der Waals surface area contributed by atoms with Crippen molar-refractivity contribution in [2.45, 2.75) is 103 Å². The van der Waals surface area contributed by atoms with Gasteiger partial charge in [0.05, 0.1) is 49.0 Å². The van der Waals surface area contributed by atoms with Crippen molar-refractivity contribution in [2.75, 3.05) is 19.6 Å². The fourth-order valence-electron chi connectivity index (χ4n) is 7.19. The number of nitrogens with one attached hydrogen (secondary N) is 2. The molecule has 6 rings (SSSR count). The van der Waals surface area contributed by atoms with Crippen LogP contribution in [-0.2, 0) is 35.0 Å². The number of quaternary nitrogens is 1. The Morgan fingerprint density at radius 1 is 1.00 bits per heavy atom.